The summed E-state index contributed by atoms with van der Waals surface area (Å²) in [6, 6.07) is 5.90. The van der Waals surface area contributed by atoms with E-state index in [0.29, 0.717) is 23.1 Å². The fourth-order valence-electron chi connectivity index (χ4n) is 2.87. The number of hydrogen-bond acceptors (Lipinski definition) is 6. The number of aromatic nitrogens is 4. The van der Waals surface area contributed by atoms with Crippen molar-refractivity contribution in [3.05, 3.63) is 53.6 Å². The molecule has 0 atom stereocenters. The smallest absolute Gasteiger partial charge is 0.349 e. The lowest BCUT2D eigenvalue weighted by Gasteiger charge is -2.11. The standard InChI is InChI=1S/C20H21F4N7O/c1-30(2)17(32)6-8-31-18(12-5-7-26-14(9-12)11-25)28-19(29-31)27-13-3-4-16(21)15(10-13)20(22,23)24/h3-5,7,9-10H,6,8,11,25H2,1-2H3,(H,27,29). The molecule has 3 aromatic rings. The molecule has 1 aromatic carbocycles. The molecule has 2 aromatic heterocycles. The normalized spacial score (nSPS) is 11.5. The molecule has 0 radical (unpaired) electrons. The molecule has 0 aliphatic carbocycles. The molecule has 0 aliphatic rings. The highest BCUT2D eigenvalue weighted by molar-refractivity contribution is 5.75. The van der Waals surface area contributed by atoms with Gasteiger partial charge in [-0.1, -0.05) is 0 Å². The van der Waals surface area contributed by atoms with Gasteiger partial charge in [0.15, 0.2) is 5.82 Å². The van der Waals surface area contributed by atoms with Gasteiger partial charge in [-0.2, -0.15) is 18.2 Å². The summed E-state index contributed by atoms with van der Waals surface area (Å²) in [7, 11) is 3.25. The fourth-order valence-corrected chi connectivity index (χ4v) is 2.87. The van der Waals surface area contributed by atoms with Crippen molar-refractivity contribution in [2.24, 2.45) is 5.73 Å². The lowest BCUT2D eigenvalue weighted by atomic mass is 10.2. The number of carbonyl (C=O) groups excluding carboxylic acids is 1. The van der Waals surface area contributed by atoms with Gasteiger partial charge in [-0.25, -0.2) is 9.07 Å². The Balaban J connectivity index is 1.96. The van der Waals surface area contributed by atoms with Crippen LogP contribution in [-0.4, -0.2) is 44.7 Å². The van der Waals surface area contributed by atoms with E-state index in [-0.39, 0.29) is 37.1 Å². The van der Waals surface area contributed by atoms with Crippen LogP contribution >= 0.6 is 0 Å². The van der Waals surface area contributed by atoms with Crippen molar-refractivity contribution in [1.82, 2.24) is 24.6 Å². The highest BCUT2D eigenvalue weighted by Gasteiger charge is 2.34. The van der Waals surface area contributed by atoms with Crippen LogP contribution in [0, 0.1) is 5.82 Å². The number of pyridine rings is 1. The van der Waals surface area contributed by atoms with E-state index < -0.39 is 17.6 Å². The highest BCUT2D eigenvalue weighted by atomic mass is 19.4. The van der Waals surface area contributed by atoms with Crippen LogP contribution in [0.2, 0.25) is 0 Å². The van der Waals surface area contributed by atoms with Gasteiger partial charge in [0.05, 0.1) is 17.8 Å². The summed E-state index contributed by atoms with van der Waals surface area (Å²) in [5.41, 5.74) is 5.42. The van der Waals surface area contributed by atoms with E-state index in [2.05, 4.69) is 20.4 Å². The number of benzene rings is 1. The van der Waals surface area contributed by atoms with Gasteiger partial charge < -0.3 is 16.0 Å². The molecular formula is C20H21F4N7O. The Kier molecular flexibility index (Phi) is 6.72. The number of nitrogens with one attached hydrogen (secondary N) is 1. The number of carbonyl (C=O) groups is 1. The molecule has 0 bridgehead atoms. The van der Waals surface area contributed by atoms with E-state index in [1.807, 2.05) is 0 Å². The van der Waals surface area contributed by atoms with Gasteiger partial charge in [0.25, 0.3) is 0 Å². The van der Waals surface area contributed by atoms with Crippen LogP contribution < -0.4 is 11.1 Å². The molecule has 0 spiro atoms. The first-order chi connectivity index (χ1) is 15.1. The first-order valence-corrected chi connectivity index (χ1v) is 9.52. The zero-order chi connectivity index (χ0) is 23.5. The summed E-state index contributed by atoms with van der Waals surface area (Å²) >= 11 is 0. The molecule has 0 fully saturated rings. The Bertz CT molecular complexity index is 1110. The van der Waals surface area contributed by atoms with Crippen LogP contribution in [0.4, 0.5) is 29.2 Å². The molecule has 1 amide bonds. The van der Waals surface area contributed by atoms with E-state index in [1.54, 1.807) is 32.4 Å². The molecule has 3 rings (SSSR count). The Hall–Kier alpha value is -3.54. The van der Waals surface area contributed by atoms with Gasteiger partial charge in [-0.15, -0.1) is 5.10 Å². The van der Waals surface area contributed by atoms with Crippen molar-refractivity contribution in [3.63, 3.8) is 0 Å². The maximum Gasteiger partial charge on any atom is 0.419 e. The number of nitrogens with two attached hydrogens (primary N) is 1. The van der Waals surface area contributed by atoms with E-state index >= 15 is 0 Å². The van der Waals surface area contributed by atoms with Crippen molar-refractivity contribution < 1.29 is 22.4 Å². The first kappa shape index (κ1) is 23.1. The molecule has 0 aliphatic heterocycles. The Morgan fingerprint density at radius 2 is 1.97 bits per heavy atom. The van der Waals surface area contributed by atoms with Gasteiger partial charge in [0, 0.05) is 44.5 Å². The number of alkyl halides is 3. The van der Waals surface area contributed by atoms with Gasteiger partial charge in [0.1, 0.15) is 5.82 Å². The second-order valence-corrected chi connectivity index (χ2v) is 7.08. The lowest BCUT2D eigenvalue weighted by Crippen LogP contribution is -2.23. The molecular weight excluding hydrogens is 430 g/mol. The molecule has 0 unspecified atom stereocenters. The summed E-state index contributed by atoms with van der Waals surface area (Å²) in [5.74, 6) is -1.15. The van der Waals surface area contributed by atoms with E-state index in [1.165, 1.54) is 9.58 Å². The molecule has 3 N–H and O–H groups in total. The number of amides is 1. The summed E-state index contributed by atoms with van der Waals surface area (Å²) in [5, 5.41) is 6.95. The lowest BCUT2D eigenvalue weighted by molar-refractivity contribution is -0.140. The summed E-state index contributed by atoms with van der Waals surface area (Å²) in [6.45, 7) is 0.376. The third kappa shape index (κ3) is 5.38. The van der Waals surface area contributed by atoms with E-state index in [0.717, 1.165) is 12.1 Å². The number of halogens is 4. The van der Waals surface area contributed by atoms with Gasteiger partial charge in [-0.05, 0) is 30.3 Å². The van der Waals surface area contributed by atoms with E-state index in [4.69, 9.17) is 5.73 Å². The van der Waals surface area contributed by atoms with Crippen LogP contribution in [0.1, 0.15) is 17.7 Å². The predicted molar refractivity (Wildman–Crippen MR) is 109 cm³/mol. The quantitative estimate of drug-likeness (QED) is 0.535. The van der Waals surface area contributed by atoms with Crippen LogP contribution in [0.5, 0.6) is 0 Å². The molecule has 2 heterocycles. The molecule has 170 valence electrons. The van der Waals surface area contributed by atoms with Crippen molar-refractivity contribution >= 4 is 17.5 Å². The molecule has 0 saturated carbocycles. The second-order valence-electron chi connectivity index (χ2n) is 7.08. The summed E-state index contributed by atoms with van der Waals surface area (Å²) in [4.78, 5) is 21.9. The van der Waals surface area contributed by atoms with Crippen LogP contribution in [-0.2, 0) is 24.1 Å². The predicted octanol–water partition coefficient (Wildman–Crippen LogP) is 3.18. The van der Waals surface area contributed by atoms with Crippen molar-refractivity contribution in [2.45, 2.75) is 25.7 Å². The van der Waals surface area contributed by atoms with Crippen molar-refractivity contribution in [1.29, 1.82) is 0 Å². The molecule has 8 nitrogen and oxygen atoms in total. The minimum absolute atomic E-state index is 0.0110. The third-order valence-electron chi connectivity index (χ3n) is 4.52. The largest absolute Gasteiger partial charge is 0.419 e. The third-order valence-corrected chi connectivity index (χ3v) is 4.52. The molecule has 12 heteroatoms. The molecule has 32 heavy (non-hydrogen) atoms. The number of hydrogen-bond donors (Lipinski definition) is 2. The number of anilines is 2. The second kappa shape index (κ2) is 9.30. The minimum atomic E-state index is -4.85. The minimum Gasteiger partial charge on any atom is -0.349 e. The first-order valence-electron chi connectivity index (χ1n) is 9.52. The summed E-state index contributed by atoms with van der Waals surface area (Å²) in [6.07, 6.45) is -3.17. The highest BCUT2D eigenvalue weighted by Crippen LogP contribution is 2.33. The van der Waals surface area contributed by atoms with E-state index in [9.17, 15) is 22.4 Å². The average Bonchev–Trinajstić information content (AvgIpc) is 3.15. The zero-order valence-electron chi connectivity index (χ0n) is 17.3. The Morgan fingerprint density at radius 1 is 1.22 bits per heavy atom. The Labute approximate surface area is 181 Å². The Morgan fingerprint density at radius 3 is 2.62 bits per heavy atom. The van der Waals surface area contributed by atoms with Gasteiger partial charge in [-0.3, -0.25) is 9.78 Å². The fraction of sp³-hybridized carbons (Fsp3) is 0.300. The van der Waals surface area contributed by atoms with Crippen LogP contribution in [0.25, 0.3) is 11.4 Å². The summed E-state index contributed by atoms with van der Waals surface area (Å²) < 4.78 is 54.1. The number of aryl methyl sites for hydroxylation is 1. The molecule has 0 saturated heterocycles. The topological polar surface area (TPSA) is 102 Å². The van der Waals surface area contributed by atoms with Crippen molar-refractivity contribution in [3.8, 4) is 11.4 Å². The maximum atomic E-state index is 13.6. The van der Waals surface area contributed by atoms with Crippen LogP contribution in [0.3, 0.4) is 0 Å². The monoisotopic (exact) mass is 451 g/mol. The van der Waals surface area contributed by atoms with Gasteiger partial charge in [0.2, 0.25) is 11.9 Å². The number of nitrogens with zero attached hydrogens (tertiary/aromatic N) is 5. The van der Waals surface area contributed by atoms with Crippen molar-refractivity contribution in [2.75, 3.05) is 19.4 Å². The average molecular weight is 451 g/mol. The maximum absolute atomic E-state index is 13.6. The van der Waals surface area contributed by atoms with Crippen LogP contribution in [0.15, 0.2) is 36.5 Å². The SMILES string of the molecule is CN(C)C(=O)CCn1nc(Nc2ccc(F)c(C(F)(F)F)c2)nc1-c1ccnc(CN)c1. The number of rotatable bonds is 7. The zero-order valence-corrected chi connectivity index (χ0v) is 17.3. The van der Waals surface area contributed by atoms with Gasteiger partial charge >= 0.3 is 6.18 Å².